The third-order valence-corrected chi connectivity index (χ3v) is 11.9. The molecule has 11 rings (SSSR count). The summed E-state index contributed by atoms with van der Waals surface area (Å²) in [6.07, 6.45) is 1.96. The van der Waals surface area contributed by atoms with Gasteiger partial charge in [0.2, 0.25) is 0 Å². The van der Waals surface area contributed by atoms with Gasteiger partial charge < -0.3 is 4.90 Å². The van der Waals surface area contributed by atoms with Gasteiger partial charge in [-0.2, -0.15) is 0 Å². The fourth-order valence-electron chi connectivity index (χ4n) is 9.25. The highest BCUT2D eigenvalue weighted by Gasteiger charge is 2.38. The van der Waals surface area contributed by atoms with E-state index in [2.05, 4.69) is 175 Å². The van der Waals surface area contributed by atoms with Crippen LogP contribution >= 0.6 is 0 Å². The van der Waals surface area contributed by atoms with E-state index >= 15 is 0 Å². The Labute approximate surface area is 324 Å². The lowest BCUT2D eigenvalue weighted by Crippen LogP contribution is -2.16. The lowest BCUT2D eigenvalue weighted by Gasteiger charge is -2.30. The van der Waals surface area contributed by atoms with E-state index in [0.717, 1.165) is 61.2 Å². The number of pyridine rings is 1. The summed E-state index contributed by atoms with van der Waals surface area (Å²) in [5, 5.41) is 9.24. The standard InChI is InChI=1S/C52H36FN3/c1-52(2)43-16-9-8-15-40(43)51-44(52)17-10-18-47(51)55(39-25-23-37(53)24-26-39)45-29-21-33-20-28-42-46(30-22-34-19-27-41(45)49(33)50(34)42)56(38-13-4-3-5-14-38)48-31-35-11-6-7-12-36(35)32-54-48/h3-32H,1-2H3. The maximum atomic E-state index is 14.6. The van der Waals surface area contributed by atoms with Crippen molar-refractivity contribution in [2.45, 2.75) is 19.3 Å². The van der Waals surface area contributed by atoms with Gasteiger partial charge in [0.05, 0.1) is 17.1 Å². The normalized spacial score (nSPS) is 13.1. The van der Waals surface area contributed by atoms with Crippen LogP contribution in [0.4, 0.5) is 38.6 Å². The van der Waals surface area contributed by atoms with Gasteiger partial charge >= 0.3 is 0 Å². The molecule has 0 saturated heterocycles. The third kappa shape index (κ3) is 4.79. The quantitative estimate of drug-likeness (QED) is 0.159. The van der Waals surface area contributed by atoms with Crippen LogP contribution in [0.3, 0.4) is 0 Å². The molecule has 266 valence electrons. The Hall–Kier alpha value is -7.04. The molecular weight excluding hydrogens is 686 g/mol. The van der Waals surface area contributed by atoms with Crippen molar-refractivity contribution in [2.24, 2.45) is 0 Å². The molecule has 3 nitrogen and oxygen atoms in total. The number of fused-ring (bicyclic) bond motifs is 4. The van der Waals surface area contributed by atoms with Gasteiger partial charge in [0.25, 0.3) is 0 Å². The summed E-state index contributed by atoms with van der Waals surface area (Å²) in [4.78, 5) is 9.63. The predicted octanol–water partition coefficient (Wildman–Crippen LogP) is 14.5. The van der Waals surface area contributed by atoms with E-state index in [4.69, 9.17) is 4.98 Å². The Balaban J connectivity index is 1.18. The highest BCUT2D eigenvalue weighted by atomic mass is 19.1. The molecule has 0 N–H and O–H groups in total. The van der Waals surface area contributed by atoms with Crippen LogP contribution in [0.25, 0.3) is 54.2 Å². The Morgan fingerprint density at radius 3 is 1.79 bits per heavy atom. The number of rotatable bonds is 6. The maximum absolute atomic E-state index is 14.6. The summed E-state index contributed by atoms with van der Waals surface area (Å²) >= 11 is 0. The van der Waals surface area contributed by atoms with Crippen LogP contribution in [-0.4, -0.2) is 4.98 Å². The van der Waals surface area contributed by atoms with Crippen LogP contribution in [0, 0.1) is 5.82 Å². The molecule has 1 aromatic heterocycles. The maximum Gasteiger partial charge on any atom is 0.138 e. The van der Waals surface area contributed by atoms with Crippen molar-refractivity contribution < 1.29 is 4.39 Å². The predicted molar refractivity (Wildman–Crippen MR) is 232 cm³/mol. The molecule has 0 fully saturated rings. The highest BCUT2D eigenvalue weighted by molar-refractivity contribution is 6.28. The average Bonchev–Trinajstić information content (AvgIpc) is 3.48. The molecule has 56 heavy (non-hydrogen) atoms. The molecule has 10 aromatic rings. The Bertz CT molecular complexity index is 3130. The van der Waals surface area contributed by atoms with Crippen molar-refractivity contribution in [2.75, 3.05) is 9.80 Å². The van der Waals surface area contributed by atoms with E-state index in [9.17, 15) is 4.39 Å². The van der Waals surface area contributed by atoms with Crippen LogP contribution in [0.2, 0.25) is 0 Å². The second-order valence-electron chi connectivity index (χ2n) is 15.3. The molecule has 0 aliphatic heterocycles. The van der Waals surface area contributed by atoms with E-state index in [-0.39, 0.29) is 11.2 Å². The van der Waals surface area contributed by atoms with Crippen LogP contribution in [0.15, 0.2) is 182 Å². The SMILES string of the molecule is CC1(C)c2ccccc2-c2c(N(c3ccc(F)cc3)c3ccc4ccc5c(N(c6ccccc6)c6cc7ccccc7cn6)ccc6ccc3c4c65)cccc21. The van der Waals surface area contributed by atoms with Crippen LogP contribution in [-0.2, 0) is 5.41 Å². The van der Waals surface area contributed by atoms with Gasteiger partial charge in [0, 0.05) is 44.7 Å². The summed E-state index contributed by atoms with van der Waals surface area (Å²) < 4.78 is 14.6. The minimum Gasteiger partial charge on any atom is -0.309 e. The van der Waals surface area contributed by atoms with Crippen molar-refractivity contribution >= 4 is 77.3 Å². The van der Waals surface area contributed by atoms with Gasteiger partial charge in [-0.05, 0) is 104 Å². The van der Waals surface area contributed by atoms with Crippen LogP contribution in [0.1, 0.15) is 25.0 Å². The molecule has 0 amide bonds. The van der Waals surface area contributed by atoms with Crippen molar-refractivity contribution in [3.05, 3.63) is 199 Å². The minimum atomic E-state index is -0.259. The summed E-state index contributed by atoms with van der Waals surface area (Å²) in [7, 11) is 0. The van der Waals surface area contributed by atoms with Crippen molar-refractivity contribution in [3.63, 3.8) is 0 Å². The fourth-order valence-corrected chi connectivity index (χ4v) is 9.25. The molecule has 0 atom stereocenters. The lowest BCUT2D eigenvalue weighted by molar-refractivity contribution is 0.628. The van der Waals surface area contributed by atoms with E-state index in [1.54, 1.807) is 12.1 Å². The van der Waals surface area contributed by atoms with E-state index in [0.29, 0.717) is 0 Å². The molecule has 4 heteroatoms. The molecule has 0 bridgehead atoms. The van der Waals surface area contributed by atoms with Gasteiger partial charge in [0.15, 0.2) is 0 Å². The van der Waals surface area contributed by atoms with E-state index in [1.807, 2.05) is 18.3 Å². The largest absolute Gasteiger partial charge is 0.309 e. The molecule has 9 aromatic carbocycles. The average molecular weight is 722 g/mol. The molecule has 0 saturated carbocycles. The zero-order chi connectivity index (χ0) is 37.5. The molecule has 1 heterocycles. The lowest BCUT2D eigenvalue weighted by atomic mass is 9.82. The zero-order valence-corrected chi connectivity index (χ0v) is 31.0. The third-order valence-electron chi connectivity index (χ3n) is 11.9. The number of aromatic nitrogens is 1. The first kappa shape index (κ1) is 32.4. The topological polar surface area (TPSA) is 19.4 Å². The molecular formula is C52H36FN3. The number of hydrogen-bond donors (Lipinski definition) is 0. The summed E-state index contributed by atoms with van der Waals surface area (Å²) in [6.45, 7) is 4.62. The monoisotopic (exact) mass is 721 g/mol. The number of hydrogen-bond acceptors (Lipinski definition) is 3. The number of benzene rings is 9. The first-order valence-electron chi connectivity index (χ1n) is 19.2. The first-order chi connectivity index (χ1) is 27.5. The summed E-state index contributed by atoms with van der Waals surface area (Å²) in [6, 6.07) is 61.3. The highest BCUT2D eigenvalue weighted by Crippen LogP contribution is 2.55. The summed E-state index contributed by atoms with van der Waals surface area (Å²) in [5.41, 5.74) is 9.98. The van der Waals surface area contributed by atoms with Gasteiger partial charge in [-0.1, -0.05) is 129 Å². The number of halogens is 1. The number of para-hydroxylation sites is 1. The minimum absolute atomic E-state index is 0.167. The van der Waals surface area contributed by atoms with Gasteiger partial charge in [-0.25, -0.2) is 9.37 Å². The molecule has 1 aliphatic rings. The van der Waals surface area contributed by atoms with Gasteiger partial charge in [-0.3, -0.25) is 4.90 Å². The molecule has 0 radical (unpaired) electrons. The van der Waals surface area contributed by atoms with Crippen molar-refractivity contribution in [1.82, 2.24) is 4.98 Å². The Kier molecular flexibility index (Phi) is 7.08. The smallest absolute Gasteiger partial charge is 0.138 e. The van der Waals surface area contributed by atoms with Crippen molar-refractivity contribution in [3.8, 4) is 11.1 Å². The fraction of sp³-hybridized carbons (Fsp3) is 0.0577. The second kappa shape index (κ2) is 12.2. The molecule has 0 spiro atoms. The van der Waals surface area contributed by atoms with E-state index in [1.165, 1.54) is 38.4 Å². The second-order valence-corrected chi connectivity index (χ2v) is 15.3. The first-order valence-corrected chi connectivity index (χ1v) is 19.2. The number of nitrogens with zero attached hydrogens (tertiary/aromatic N) is 3. The van der Waals surface area contributed by atoms with Crippen LogP contribution in [0.5, 0.6) is 0 Å². The number of anilines is 6. The zero-order valence-electron chi connectivity index (χ0n) is 31.0. The van der Waals surface area contributed by atoms with Gasteiger partial charge in [0.1, 0.15) is 11.6 Å². The molecule has 0 unspecified atom stereocenters. The Morgan fingerprint density at radius 1 is 0.464 bits per heavy atom. The van der Waals surface area contributed by atoms with Crippen LogP contribution < -0.4 is 9.80 Å². The van der Waals surface area contributed by atoms with Gasteiger partial charge in [-0.15, -0.1) is 0 Å². The molecule has 1 aliphatic carbocycles. The van der Waals surface area contributed by atoms with E-state index < -0.39 is 0 Å². The van der Waals surface area contributed by atoms with Crippen molar-refractivity contribution in [1.29, 1.82) is 0 Å². The summed E-state index contributed by atoms with van der Waals surface area (Å²) in [5.74, 6) is 0.597. The Morgan fingerprint density at radius 2 is 1.05 bits per heavy atom.